The number of hydrogen-bond acceptors (Lipinski definition) is 9. The zero-order valence-corrected chi connectivity index (χ0v) is 17.5. The first-order valence-corrected chi connectivity index (χ1v) is 10.9. The molecule has 2 fully saturated rings. The summed E-state index contributed by atoms with van der Waals surface area (Å²) in [5, 5.41) is 9.70. The number of hydrogen-bond donors (Lipinski definition) is 3. The highest BCUT2D eigenvalue weighted by molar-refractivity contribution is 6.30. The molecule has 158 valence electrons. The molecular formula is C20H26ClN9. The van der Waals surface area contributed by atoms with Crippen molar-refractivity contribution in [3.8, 4) is 0 Å². The Morgan fingerprint density at radius 3 is 2.63 bits per heavy atom. The van der Waals surface area contributed by atoms with Crippen LogP contribution >= 0.6 is 11.6 Å². The fraction of sp³-hybridized carbons (Fsp3) is 0.500. The second-order valence-electron chi connectivity index (χ2n) is 8.14. The van der Waals surface area contributed by atoms with Crippen LogP contribution in [0, 0.1) is 17.8 Å². The summed E-state index contributed by atoms with van der Waals surface area (Å²) >= 11 is 5.89. The zero-order chi connectivity index (χ0) is 20.3. The van der Waals surface area contributed by atoms with Crippen LogP contribution in [0.1, 0.15) is 25.7 Å². The largest absolute Gasteiger partial charge is 0.384 e. The molecule has 3 aliphatic rings. The minimum absolute atomic E-state index is 0.588. The molecule has 3 N–H and O–H groups in total. The number of aromatic nitrogens is 3. The molecule has 0 unspecified atom stereocenters. The van der Waals surface area contributed by atoms with Gasteiger partial charge >= 0.3 is 0 Å². The van der Waals surface area contributed by atoms with Crippen LogP contribution in [-0.4, -0.2) is 40.9 Å². The molecule has 5 rings (SSSR count). The summed E-state index contributed by atoms with van der Waals surface area (Å²) in [4.78, 5) is 15.4. The van der Waals surface area contributed by atoms with Gasteiger partial charge in [0.15, 0.2) is 0 Å². The van der Waals surface area contributed by atoms with E-state index in [0.29, 0.717) is 5.02 Å². The van der Waals surface area contributed by atoms with Crippen molar-refractivity contribution in [2.24, 2.45) is 22.9 Å². The predicted molar refractivity (Wildman–Crippen MR) is 118 cm³/mol. The summed E-state index contributed by atoms with van der Waals surface area (Å²) in [7, 11) is 0. The van der Waals surface area contributed by atoms with Crippen LogP contribution in [0.3, 0.4) is 0 Å². The van der Waals surface area contributed by atoms with E-state index < -0.39 is 0 Å². The van der Waals surface area contributed by atoms with Crippen LogP contribution in [0.2, 0.25) is 5.02 Å². The Labute approximate surface area is 180 Å². The Morgan fingerprint density at radius 2 is 1.93 bits per heavy atom. The van der Waals surface area contributed by atoms with E-state index in [1.807, 2.05) is 12.3 Å². The molecule has 4 heterocycles. The molecule has 2 aliphatic heterocycles. The van der Waals surface area contributed by atoms with Gasteiger partial charge in [-0.15, -0.1) is 5.53 Å². The molecule has 0 radical (unpaired) electrons. The standard InChI is InChI=1S/C20H26ClN9/c21-16-10-24-20(25-11-16)29-7-4-14(5-8-29)18-9-15(18)3-6-22-17-1-2-19(23-12-17)30-13-26-27-28-30/h1-2,10-15,18,22,27-28H,3-9H2/t15-,18-/m1/s1. The van der Waals surface area contributed by atoms with Gasteiger partial charge in [-0.25, -0.2) is 25.5 Å². The Kier molecular flexibility index (Phi) is 5.54. The molecule has 2 atom stereocenters. The highest BCUT2D eigenvalue weighted by Gasteiger charge is 2.43. The molecule has 1 saturated carbocycles. The Morgan fingerprint density at radius 1 is 1.10 bits per heavy atom. The van der Waals surface area contributed by atoms with Crippen LogP contribution < -0.4 is 26.3 Å². The molecule has 30 heavy (non-hydrogen) atoms. The lowest BCUT2D eigenvalue weighted by atomic mass is 9.90. The molecule has 0 spiro atoms. The quantitative estimate of drug-likeness (QED) is 0.621. The molecule has 0 amide bonds. The van der Waals surface area contributed by atoms with E-state index in [2.05, 4.69) is 47.4 Å². The number of nitrogens with zero attached hydrogens (tertiary/aromatic N) is 6. The van der Waals surface area contributed by atoms with E-state index in [9.17, 15) is 0 Å². The number of piperidine rings is 1. The summed E-state index contributed by atoms with van der Waals surface area (Å²) in [6.07, 6.45) is 11.9. The third-order valence-electron chi connectivity index (χ3n) is 6.26. The number of halogens is 1. The van der Waals surface area contributed by atoms with Crippen LogP contribution in [0.4, 0.5) is 17.5 Å². The van der Waals surface area contributed by atoms with Crippen LogP contribution in [0.25, 0.3) is 0 Å². The molecule has 9 nitrogen and oxygen atoms in total. The molecule has 0 aromatic carbocycles. The van der Waals surface area contributed by atoms with Gasteiger partial charge in [-0.3, -0.25) is 0 Å². The van der Waals surface area contributed by atoms with Crippen molar-refractivity contribution in [2.45, 2.75) is 25.7 Å². The first-order chi connectivity index (χ1) is 14.8. The van der Waals surface area contributed by atoms with Gasteiger partial charge in [-0.1, -0.05) is 11.6 Å². The maximum Gasteiger partial charge on any atom is 0.225 e. The van der Waals surface area contributed by atoms with Gasteiger partial charge in [0.2, 0.25) is 5.95 Å². The summed E-state index contributed by atoms with van der Waals surface area (Å²) in [5.41, 5.74) is 6.58. The highest BCUT2D eigenvalue weighted by Crippen LogP contribution is 2.49. The van der Waals surface area contributed by atoms with Crippen LogP contribution in [-0.2, 0) is 0 Å². The van der Waals surface area contributed by atoms with Gasteiger partial charge in [0, 0.05) is 19.6 Å². The van der Waals surface area contributed by atoms with E-state index in [4.69, 9.17) is 11.6 Å². The monoisotopic (exact) mass is 427 g/mol. The molecule has 0 bridgehead atoms. The molecule has 2 aromatic heterocycles. The summed E-state index contributed by atoms with van der Waals surface area (Å²) in [6.45, 7) is 3.07. The smallest absolute Gasteiger partial charge is 0.225 e. The number of rotatable bonds is 7. The minimum Gasteiger partial charge on any atom is -0.384 e. The van der Waals surface area contributed by atoms with Gasteiger partial charge in [0.25, 0.3) is 0 Å². The molecule has 2 aromatic rings. The first-order valence-electron chi connectivity index (χ1n) is 10.5. The lowest BCUT2D eigenvalue weighted by molar-refractivity contribution is 0.343. The number of hydrazine groups is 2. The lowest BCUT2D eigenvalue weighted by Crippen LogP contribution is -2.37. The van der Waals surface area contributed by atoms with Crippen LogP contribution in [0.15, 0.2) is 35.8 Å². The average Bonchev–Trinajstić information content (AvgIpc) is 3.34. The Bertz CT molecular complexity index is 865. The summed E-state index contributed by atoms with van der Waals surface area (Å²) in [6, 6.07) is 4.02. The van der Waals surface area contributed by atoms with Gasteiger partial charge < -0.3 is 10.2 Å². The fourth-order valence-corrected chi connectivity index (χ4v) is 4.62. The number of anilines is 3. The van der Waals surface area contributed by atoms with E-state index in [0.717, 1.165) is 54.8 Å². The average molecular weight is 428 g/mol. The van der Waals surface area contributed by atoms with Crippen molar-refractivity contribution < 1.29 is 0 Å². The molecular weight excluding hydrogens is 402 g/mol. The second kappa shape index (κ2) is 8.61. The molecule has 1 aliphatic carbocycles. The first kappa shape index (κ1) is 19.3. The maximum absolute atomic E-state index is 5.89. The highest BCUT2D eigenvalue weighted by atomic mass is 35.5. The number of pyridine rings is 1. The summed E-state index contributed by atoms with van der Waals surface area (Å²) < 4.78 is 0. The van der Waals surface area contributed by atoms with Crippen molar-refractivity contribution >= 4 is 35.4 Å². The topological polar surface area (TPSA) is 93.6 Å². The third-order valence-corrected chi connectivity index (χ3v) is 6.45. The predicted octanol–water partition coefficient (Wildman–Crippen LogP) is 2.65. The number of hydrazone groups is 1. The summed E-state index contributed by atoms with van der Waals surface area (Å²) in [5.74, 6) is 4.17. The number of nitrogens with one attached hydrogen (secondary N) is 3. The van der Waals surface area contributed by atoms with E-state index in [1.165, 1.54) is 25.7 Å². The van der Waals surface area contributed by atoms with Crippen molar-refractivity contribution in [1.29, 1.82) is 0 Å². The SMILES string of the molecule is Clc1cnc(N2CCC([C@H]3C[C@H]3CCNc3ccc(N4C=NNN4)nc3)CC2)nc1. The van der Waals surface area contributed by atoms with Crippen molar-refractivity contribution in [3.05, 3.63) is 35.7 Å². The van der Waals surface area contributed by atoms with E-state index in [1.54, 1.807) is 23.7 Å². The maximum atomic E-state index is 5.89. The minimum atomic E-state index is 0.588. The Hall–Kier alpha value is -2.65. The lowest BCUT2D eigenvalue weighted by Gasteiger charge is -2.32. The zero-order valence-electron chi connectivity index (χ0n) is 16.7. The van der Waals surface area contributed by atoms with E-state index >= 15 is 0 Å². The Balaban J connectivity index is 1.02. The van der Waals surface area contributed by atoms with Gasteiger partial charge in [0.05, 0.1) is 29.3 Å². The third kappa shape index (κ3) is 4.41. The second-order valence-corrected chi connectivity index (χ2v) is 8.58. The van der Waals surface area contributed by atoms with Crippen LogP contribution in [0.5, 0.6) is 0 Å². The van der Waals surface area contributed by atoms with Crippen molar-refractivity contribution in [1.82, 2.24) is 26.0 Å². The fourth-order valence-electron chi connectivity index (χ4n) is 4.53. The normalized spacial score (nSPS) is 23.5. The molecule has 1 saturated heterocycles. The van der Waals surface area contributed by atoms with Gasteiger partial charge in [-0.05, 0) is 55.6 Å². The molecule has 10 heteroatoms. The van der Waals surface area contributed by atoms with Crippen molar-refractivity contribution in [2.75, 3.05) is 34.9 Å². The van der Waals surface area contributed by atoms with Gasteiger partial charge in [-0.2, -0.15) is 5.10 Å². The van der Waals surface area contributed by atoms with Gasteiger partial charge in [0.1, 0.15) is 12.2 Å². The van der Waals surface area contributed by atoms with E-state index in [-0.39, 0.29) is 0 Å². The van der Waals surface area contributed by atoms with Crippen molar-refractivity contribution in [3.63, 3.8) is 0 Å².